The van der Waals surface area contributed by atoms with Gasteiger partial charge in [-0.3, -0.25) is 4.72 Å². The molecule has 6 nitrogen and oxygen atoms in total. The molecule has 0 atom stereocenters. The van der Waals surface area contributed by atoms with E-state index in [9.17, 15) is 8.42 Å². The number of hydrogen-bond donors (Lipinski definition) is 1. The van der Waals surface area contributed by atoms with E-state index in [2.05, 4.69) is 28.6 Å². The molecule has 3 aromatic rings. The molecule has 0 fully saturated rings. The lowest BCUT2D eigenvalue weighted by Gasteiger charge is -2.21. The molecule has 0 aliphatic carbocycles. The second-order valence-electron chi connectivity index (χ2n) is 6.11. The topological polar surface area (TPSA) is 75.4 Å². The number of aromatic nitrogens is 1. The van der Waals surface area contributed by atoms with Gasteiger partial charge in [-0.2, -0.15) is 0 Å². The standard InChI is InChI=1S/C20H23N3O3S/c1-4-23(5-2)18-13-11-17(12-14-18)22-27(24,25)20-15(3)26-21-19(20)16-9-7-6-8-10-16/h6-14,22H,4-5H2,1-3H3. The summed E-state index contributed by atoms with van der Waals surface area (Å²) in [6, 6.07) is 16.5. The molecular formula is C20H23N3O3S. The predicted octanol–water partition coefficient (Wildman–Crippen LogP) is 4.30. The number of benzene rings is 2. The zero-order valence-electron chi connectivity index (χ0n) is 15.6. The first kappa shape index (κ1) is 19.0. The quantitative estimate of drug-likeness (QED) is 0.656. The van der Waals surface area contributed by atoms with Crippen LogP contribution in [0.4, 0.5) is 11.4 Å². The molecule has 2 aromatic carbocycles. The highest BCUT2D eigenvalue weighted by Gasteiger charge is 2.27. The Morgan fingerprint density at radius 2 is 1.63 bits per heavy atom. The maximum Gasteiger partial charge on any atom is 0.267 e. The summed E-state index contributed by atoms with van der Waals surface area (Å²) < 4.78 is 33.8. The fraction of sp³-hybridized carbons (Fsp3) is 0.250. The van der Waals surface area contributed by atoms with Gasteiger partial charge in [0.25, 0.3) is 10.0 Å². The molecule has 27 heavy (non-hydrogen) atoms. The minimum absolute atomic E-state index is 0.0570. The van der Waals surface area contributed by atoms with Gasteiger partial charge in [0.05, 0.1) is 0 Å². The number of rotatable bonds is 7. The first-order valence-corrected chi connectivity index (χ1v) is 10.3. The second-order valence-corrected chi connectivity index (χ2v) is 7.73. The molecule has 0 unspecified atom stereocenters. The molecule has 0 aliphatic heterocycles. The SMILES string of the molecule is CCN(CC)c1ccc(NS(=O)(=O)c2c(-c3ccccc3)noc2C)cc1. The summed E-state index contributed by atoms with van der Waals surface area (Å²) in [6.45, 7) is 7.54. The van der Waals surface area contributed by atoms with E-state index >= 15 is 0 Å². The smallest absolute Gasteiger partial charge is 0.267 e. The van der Waals surface area contributed by atoms with Gasteiger partial charge >= 0.3 is 0 Å². The van der Waals surface area contributed by atoms with E-state index in [4.69, 9.17) is 4.52 Å². The van der Waals surface area contributed by atoms with E-state index in [-0.39, 0.29) is 10.7 Å². The van der Waals surface area contributed by atoms with E-state index in [1.807, 2.05) is 30.3 Å². The van der Waals surface area contributed by atoms with E-state index in [0.717, 1.165) is 18.8 Å². The van der Waals surface area contributed by atoms with Gasteiger partial charge < -0.3 is 9.42 Å². The van der Waals surface area contributed by atoms with Crippen molar-refractivity contribution in [1.29, 1.82) is 0 Å². The van der Waals surface area contributed by atoms with Crippen molar-refractivity contribution in [2.75, 3.05) is 22.7 Å². The summed E-state index contributed by atoms with van der Waals surface area (Å²) in [5.41, 5.74) is 2.53. The summed E-state index contributed by atoms with van der Waals surface area (Å²) in [6.07, 6.45) is 0. The third-order valence-corrected chi connectivity index (χ3v) is 5.90. The molecular weight excluding hydrogens is 362 g/mol. The number of aryl methyl sites for hydroxylation is 1. The maximum absolute atomic E-state index is 13.0. The first-order valence-electron chi connectivity index (χ1n) is 8.85. The molecule has 7 heteroatoms. The van der Waals surface area contributed by atoms with Crippen LogP contribution < -0.4 is 9.62 Å². The van der Waals surface area contributed by atoms with Crippen LogP contribution in [0, 0.1) is 6.92 Å². The van der Waals surface area contributed by atoms with Crippen molar-refractivity contribution in [3.05, 3.63) is 60.4 Å². The van der Waals surface area contributed by atoms with Crippen LogP contribution in [0.25, 0.3) is 11.3 Å². The van der Waals surface area contributed by atoms with Crippen molar-refractivity contribution in [1.82, 2.24) is 5.16 Å². The van der Waals surface area contributed by atoms with Crippen molar-refractivity contribution in [3.63, 3.8) is 0 Å². The van der Waals surface area contributed by atoms with E-state index in [0.29, 0.717) is 16.9 Å². The maximum atomic E-state index is 13.0. The van der Waals surface area contributed by atoms with Gasteiger partial charge in [0.2, 0.25) is 0 Å². The monoisotopic (exact) mass is 385 g/mol. The largest absolute Gasteiger partial charge is 0.372 e. The highest BCUT2D eigenvalue weighted by atomic mass is 32.2. The Morgan fingerprint density at radius 1 is 1.00 bits per heavy atom. The van der Waals surface area contributed by atoms with Crippen LogP contribution in [-0.4, -0.2) is 26.7 Å². The van der Waals surface area contributed by atoms with E-state index in [1.165, 1.54) is 0 Å². The Morgan fingerprint density at radius 3 is 2.22 bits per heavy atom. The minimum Gasteiger partial charge on any atom is -0.372 e. The third kappa shape index (κ3) is 3.98. The highest BCUT2D eigenvalue weighted by molar-refractivity contribution is 7.93. The third-order valence-electron chi connectivity index (χ3n) is 4.37. The lowest BCUT2D eigenvalue weighted by Crippen LogP contribution is -2.21. The van der Waals surface area contributed by atoms with E-state index < -0.39 is 10.0 Å². The zero-order chi connectivity index (χ0) is 19.4. The summed E-state index contributed by atoms with van der Waals surface area (Å²) in [4.78, 5) is 2.25. The summed E-state index contributed by atoms with van der Waals surface area (Å²) in [5, 5.41) is 3.95. The van der Waals surface area contributed by atoms with Gasteiger partial charge in [-0.1, -0.05) is 35.5 Å². The first-order chi connectivity index (χ1) is 13.0. The Kier molecular flexibility index (Phi) is 5.51. The van der Waals surface area contributed by atoms with Crippen molar-refractivity contribution in [2.24, 2.45) is 0 Å². The lowest BCUT2D eigenvalue weighted by atomic mass is 10.1. The molecule has 0 radical (unpaired) electrons. The normalized spacial score (nSPS) is 11.4. The van der Waals surface area contributed by atoms with Crippen LogP contribution in [0.2, 0.25) is 0 Å². The van der Waals surface area contributed by atoms with Gasteiger partial charge in [-0.25, -0.2) is 8.42 Å². The van der Waals surface area contributed by atoms with E-state index in [1.54, 1.807) is 31.2 Å². The Labute approximate surface area is 159 Å². The van der Waals surface area contributed by atoms with Crippen LogP contribution >= 0.6 is 0 Å². The molecule has 3 rings (SSSR count). The number of anilines is 2. The minimum atomic E-state index is -3.84. The number of nitrogens with one attached hydrogen (secondary N) is 1. The number of hydrogen-bond acceptors (Lipinski definition) is 5. The van der Waals surface area contributed by atoms with Gasteiger partial charge in [-0.05, 0) is 45.0 Å². The average Bonchev–Trinajstić information content (AvgIpc) is 3.07. The Hall–Kier alpha value is -2.80. The van der Waals surface area contributed by atoms with Crippen LogP contribution in [0.1, 0.15) is 19.6 Å². The summed E-state index contributed by atoms with van der Waals surface area (Å²) in [5.74, 6) is 0.251. The van der Waals surface area contributed by atoms with Crippen molar-refractivity contribution >= 4 is 21.4 Å². The van der Waals surface area contributed by atoms with Gasteiger partial charge in [0, 0.05) is 30.0 Å². The second kappa shape index (κ2) is 7.84. The zero-order valence-corrected chi connectivity index (χ0v) is 16.5. The molecule has 0 aliphatic rings. The summed E-state index contributed by atoms with van der Waals surface area (Å²) in [7, 11) is -3.84. The number of sulfonamides is 1. The van der Waals surface area contributed by atoms with Crippen LogP contribution in [0.5, 0.6) is 0 Å². The highest BCUT2D eigenvalue weighted by Crippen LogP contribution is 2.30. The summed E-state index contributed by atoms with van der Waals surface area (Å²) >= 11 is 0. The molecule has 1 N–H and O–H groups in total. The van der Waals surface area contributed by atoms with Gasteiger partial charge in [-0.15, -0.1) is 0 Å². The molecule has 142 valence electrons. The molecule has 0 saturated carbocycles. The predicted molar refractivity (Wildman–Crippen MR) is 107 cm³/mol. The van der Waals surface area contributed by atoms with Gasteiger partial charge in [0.15, 0.2) is 10.7 Å². The fourth-order valence-electron chi connectivity index (χ4n) is 3.00. The molecule has 0 bridgehead atoms. The van der Waals surface area contributed by atoms with Crippen molar-refractivity contribution in [3.8, 4) is 11.3 Å². The number of nitrogens with zero attached hydrogens (tertiary/aromatic N) is 2. The lowest BCUT2D eigenvalue weighted by molar-refractivity contribution is 0.396. The molecule has 1 heterocycles. The van der Waals surface area contributed by atoms with Crippen LogP contribution in [-0.2, 0) is 10.0 Å². The van der Waals surface area contributed by atoms with Gasteiger partial charge in [0.1, 0.15) is 5.69 Å². The molecule has 0 amide bonds. The molecule has 1 aromatic heterocycles. The molecule has 0 spiro atoms. The Bertz CT molecular complexity index is 993. The average molecular weight is 385 g/mol. The van der Waals surface area contributed by atoms with Crippen molar-refractivity contribution in [2.45, 2.75) is 25.7 Å². The van der Waals surface area contributed by atoms with Crippen molar-refractivity contribution < 1.29 is 12.9 Å². The molecule has 0 saturated heterocycles. The fourth-order valence-corrected chi connectivity index (χ4v) is 4.37. The Balaban J connectivity index is 1.91. The van der Waals surface area contributed by atoms with Crippen LogP contribution in [0.3, 0.4) is 0 Å². The van der Waals surface area contributed by atoms with Crippen LogP contribution in [0.15, 0.2) is 64.0 Å².